The number of aliphatic hydroxyl groups excluding tert-OH is 1. The standard InChI is InChI=1S/C18H28N2O4/c1-19(5-6-22-2)9-15-10-20(11-16(15)12-21)8-14-3-4-17-18(7-14)24-13-23-17/h3-4,7,15-16,21H,5-6,8-13H2,1-2H3/t15-,16-/m1/s1. The van der Waals surface area contributed by atoms with Gasteiger partial charge >= 0.3 is 0 Å². The van der Waals surface area contributed by atoms with E-state index in [2.05, 4.69) is 29.0 Å². The topological polar surface area (TPSA) is 54.4 Å². The van der Waals surface area contributed by atoms with Crippen molar-refractivity contribution in [2.24, 2.45) is 11.8 Å². The van der Waals surface area contributed by atoms with E-state index in [0.717, 1.165) is 50.8 Å². The quantitative estimate of drug-likeness (QED) is 0.765. The molecule has 2 heterocycles. The lowest BCUT2D eigenvalue weighted by Gasteiger charge is -2.23. The number of methoxy groups -OCH3 is 1. The summed E-state index contributed by atoms with van der Waals surface area (Å²) in [6.45, 7) is 6.05. The SMILES string of the molecule is COCCN(C)C[C@@H]1CN(Cc2ccc3c(c2)OCO3)C[C@@H]1CO. The minimum atomic E-state index is 0.250. The minimum absolute atomic E-state index is 0.250. The first kappa shape index (κ1) is 17.5. The van der Waals surface area contributed by atoms with Crippen LogP contribution in [0.4, 0.5) is 0 Å². The Morgan fingerprint density at radius 3 is 2.83 bits per heavy atom. The molecule has 1 fully saturated rings. The molecule has 6 heteroatoms. The Balaban J connectivity index is 1.55. The second-order valence-electron chi connectivity index (χ2n) is 6.84. The molecule has 1 aromatic rings. The van der Waals surface area contributed by atoms with E-state index in [1.165, 1.54) is 5.56 Å². The van der Waals surface area contributed by atoms with E-state index in [9.17, 15) is 5.11 Å². The molecule has 0 aliphatic carbocycles. The summed E-state index contributed by atoms with van der Waals surface area (Å²) in [5, 5.41) is 9.73. The van der Waals surface area contributed by atoms with Gasteiger partial charge in [0.2, 0.25) is 6.79 Å². The van der Waals surface area contributed by atoms with E-state index < -0.39 is 0 Å². The molecule has 1 saturated heterocycles. The van der Waals surface area contributed by atoms with Crippen LogP contribution in [0.2, 0.25) is 0 Å². The van der Waals surface area contributed by atoms with Crippen molar-refractivity contribution in [3.05, 3.63) is 23.8 Å². The van der Waals surface area contributed by atoms with Gasteiger partial charge in [-0.3, -0.25) is 4.90 Å². The third-order valence-electron chi connectivity index (χ3n) is 4.95. The summed E-state index contributed by atoms with van der Waals surface area (Å²) in [5.74, 6) is 2.49. The molecule has 6 nitrogen and oxygen atoms in total. The van der Waals surface area contributed by atoms with Gasteiger partial charge in [-0.25, -0.2) is 0 Å². The summed E-state index contributed by atoms with van der Waals surface area (Å²) in [6, 6.07) is 6.14. The summed E-state index contributed by atoms with van der Waals surface area (Å²) in [4.78, 5) is 4.72. The maximum Gasteiger partial charge on any atom is 0.231 e. The Morgan fingerprint density at radius 1 is 1.25 bits per heavy atom. The summed E-state index contributed by atoms with van der Waals surface area (Å²) in [6.07, 6.45) is 0. The largest absolute Gasteiger partial charge is 0.454 e. The molecule has 3 rings (SSSR count). The predicted octanol–water partition coefficient (Wildman–Crippen LogP) is 1.03. The van der Waals surface area contributed by atoms with Gasteiger partial charge in [0.15, 0.2) is 11.5 Å². The molecule has 0 unspecified atom stereocenters. The monoisotopic (exact) mass is 336 g/mol. The Hall–Kier alpha value is -1.34. The first-order valence-corrected chi connectivity index (χ1v) is 8.59. The minimum Gasteiger partial charge on any atom is -0.454 e. The fourth-order valence-corrected chi connectivity index (χ4v) is 3.61. The second-order valence-corrected chi connectivity index (χ2v) is 6.84. The first-order chi connectivity index (χ1) is 11.7. The molecule has 2 atom stereocenters. The van der Waals surface area contributed by atoms with Gasteiger partial charge in [-0.15, -0.1) is 0 Å². The van der Waals surface area contributed by atoms with Crippen LogP contribution in [0.1, 0.15) is 5.56 Å². The van der Waals surface area contributed by atoms with Gasteiger partial charge in [0, 0.05) is 46.4 Å². The van der Waals surface area contributed by atoms with E-state index >= 15 is 0 Å². The summed E-state index contributed by atoms with van der Waals surface area (Å²) in [7, 11) is 3.85. The van der Waals surface area contributed by atoms with Crippen LogP contribution < -0.4 is 9.47 Å². The number of fused-ring (bicyclic) bond motifs is 1. The molecule has 0 aromatic heterocycles. The van der Waals surface area contributed by atoms with Gasteiger partial charge in [-0.2, -0.15) is 0 Å². The molecule has 24 heavy (non-hydrogen) atoms. The molecule has 0 spiro atoms. The van der Waals surface area contributed by atoms with Crippen molar-refractivity contribution in [1.82, 2.24) is 9.80 Å². The Morgan fingerprint density at radius 2 is 2.04 bits per heavy atom. The lowest BCUT2D eigenvalue weighted by Crippen LogP contribution is -2.33. The molecule has 0 amide bonds. The van der Waals surface area contributed by atoms with Crippen LogP contribution in [0, 0.1) is 11.8 Å². The third-order valence-corrected chi connectivity index (χ3v) is 4.95. The molecule has 2 aliphatic heterocycles. The van der Waals surface area contributed by atoms with Gasteiger partial charge in [0.25, 0.3) is 0 Å². The van der Waals surface area contributed by atoms with Crippen molar-refractivity contribution >= 4 is 0 Å². The molecule has 2 aliphatic rings. The van der Waals surface area contributed by atoms with E-state index in [1.54, 1.807) is 7.11 Å². The van der Waals surface area contributed by atoms with E-state index in [4.69, 9.17) is 14.2 Å². The number of hydrogen-bond donors (Lipinski definition) is 1. The number of ether oxygens (including phenoxy) is 3. The van der Waals surface area contributed by atoms with Crippen LogP contribution in [-0.4, -0.2) is 75.2 Å². The molecule has 134 valence electrons. The Bertz CT molecular complexity index is 540. The fourth-order valence-electron chi connectivity index (χ4n) is 3.61. The second kappa shape index (κ2) is 8.16. The van der Waals surface area contributed by atoms with Crippen molar-refractivity contribution in [2.45, 2.75) is 6.54 Å². The number of nitrogens with zero attached hydrogens (tertiary/aromatic N) is 2. The highest BCUT2D eigenvalue weighted by atomic mass is 16.7. The predicted molar refractivity (Wildman–Crippen MR) is 91.3 cm³/mol. The molecule has 0 bridgehead atoms. The van der Waals surface area contributed by atoms with Gasteiger partial charge < -0.3 is 24.2 Å². The van der Waals surface area contributed by atoms with Crippen LogP contribution in [0.15, 0.2) is 18.2 Å². The van der Waals surface area contributed by atoms with Crippen LogP contribution in [0.3, 0.4) is 0 Å². The number of aliphatic hydroxyl groups is 1. The summed E-state index contributed by atoms with van der Waals surface area (Å²) >= 11 is 0. The number of likely N-dealkylation sites (tertiary alicyclic amines) is 1. The van der Waals surface area contributed by atoms with Crippen LogP contribution in [0.25, 0.3) is 0 Å². The van der Waals surface area contributed by atoms with E-state index in [1.807, 2.05) is 6.07 Å². The third kappa shape index (κ3) is 4.19. The van der Waals surface area contributed by atoms with Crippen molar-refractivity contribution in [1.29, 1.82) is 0 Å². The van der Waals surface area contributed by atoms with Gasteiger partial charge in [-0.05, 0) is 36.6 Å². The molecular weight excluding hydrogens is 308 g/mol. The highest BCUT2D eigenvalue weighted by molar-refractivity contribution is 5.44. The smallest absolute Gasteiger partial charge is 0.231 e. The van der Waals surface area contributed by atoms with Crippen LogP contribution in [-0.2, 0) is 11.3 Å². The average Bonchev–Trinajstić information content (AvgIpc) is 3.19. The zero-order chi connectivity index (χ0) is 16.9. The fraction of sp³-hybridized carbons (Fsp3) is 0.667. The highest BCUT2D eigenvalue weighted by Crippen LogP contribution is 2.33. The average molecular weight is 336 g/mol. The molecule has 1 N–H and O–H groups in total. The maximum atomic E-state index is 9.73. The molecule has 0 saturated carbocycles. The van der Waals surface area contributed by atoms with Crippen molar-refractivity contribution in [3.63, 3.8) is 0 Å². The van der Waals surface area contributed by atoms with Crippen molar-refractivity contribution < 1.29 is 19.3 Å². The number of likely N-dealkylation sites (N-methyl/N-ethyl adjacent to an activating group) is 1. The van der Waals surface area contributed by atoms with Gasteiger partial charge in [-0.1, -0.05) is 6.07 Å². The lowest BCUT2D eigenvalue weighted by atomic mass is 9.96. The van der Waals surface area contributed by atoms with E-state index in [0.29, 0.717) is 18.6 Å². The number of benzene rings is 1. The molecule has 1 aromatic carbocycles. The summed E-state index contributed by atoms with van der Waals surface area (Å²) in [5.41, 5.74) is 1.23. The van der Waals surface area contributed by atoms with Crippen LogP contribution >= 0.6 is 0 Å². The van der Waals surface area contributed by atoms with E-state index in [-0.39, 0.29) is 6.61 Å². The van der Waals surface area contributed by atoms with Crippen molar-refractivity contribution in [3.8, 4) is 11.5 Å². The normalized spacial score (nSPS) is 23.3. The Kier molecular flexibility index (Phi) is 5.94. The number of rotatable bonds is 8. The number of hydrogen-bond acceptors (Lipinski definition) is 6. The van der Waals surface area contributed by atoms with Crippen LogP contribution in [0.5, 0.6) is 11.5 Å². The zero-order valence-corrected chi connectivity index (χ0v) is 14.6. The highest BCUT2D eigenvalue weighted by Gasteiger charge is 2.32. The van der Waals surface area contributed by atoms with Gasteiger partial charge in [0.1, 0.15) is 0 Å². The molecular formula is C18H28N2O4. The molecule has 0 radical (unpaired) electrons. The Labute approximate surface area is 143 Å². The van der Waals surface area contributed by atoms with Crippen molar-refractivity contribution in [2.75, 3.05) is 60.3 Å². The maximum absolute atomic E-state index is 9.73. The first-order valence-electron chi connectivity index (χ1n) is 8.59. The van der Waals surface area contributed by atoms with Gasteiger partial charge in [0.05, 0.1) is 6.61 Å². The lowest BCUT2D eigenvalue weighted by molar-refractivity contribution is 0.136. The summed E-state index contributed by atoms with van der Waals surface area (Å²) < 4.78 is 16.0. The zero-order valence-electron chi connectivity index (χ0n) is 14.6.